The summed E-state index contributed by atoms with van der Waals surface area (Å²) >= 11 is 0. The summed E-state index contributed by atoms with van der Waals surface area (Å²) in [6, 6.07) is 9.36. The van der Waals surface area contributed by atoms with E-state index in [0.29, 0.717) is 56.7 Å². The number of rotatable bonds is 3. The summed E-state index contributed by atoms with van der Waals surface area (Å²) in [5, 5.41) is 10.9. The van der Waals surface area contributed by atoms with E-state index in [0.717, 1.165) is 44.1 Å². The lowest BCUT2D eigenvalue weighted by Crippen LogP contribution is -2.58. The Bertz CT molecular complexity index is 1970. The molecule has 2 aromatic rings. The lowest BCUT2D eigenvalue weighted by atomic mass is 10.0. The van der Waals surface area contributed by atoms with Crippen molar-refractivity contribution in [3.63, 3.8) is 0 Å². The normalized spacial score (nSPS) is 28.2. The van der Waals surface area contributed by atoms with Gasteiger partial charge >= 0.3 is 6.03 Å². The largest absolute Gasteiger partial charge is 0.494 e. The topological polar surface area (TPSA) is 205 Å². The molecule has 5 aliphatic rings. The van der Waals surface area contributed by atoms with Crippen LogP contribution in [-0.4, -0.2) is 96.6 Å². The van der Waals surface area contributed by atoms with E-state index >= 15 is 0 Å². The fourth-order valence-electron chi connectivity index (χ4n) is 7.81. The van der Waals surface area contributed by atoms with Crippen molar-refractivity contribution in [1.82, 2.24) is 35.9 Å². The van der Waals surface area contributed by atoms with Crippen LogP contribution >= 0.6 is 0 Å². The molecule has 6 amide bonds. The van der Waals surface area contributed by atoms with Crippen molar-refractivity contribution in [2.45, 2.75) is 112 Å². The zero-order chi connectivity index (χ0) is 39.3. The Morgan fingerprint density at radius 3 is 2.54 bits per heavy atom. The summed E-state index contributed by atoms with van der Waals surface area (Å²) in [6.45, 7) is 0.902. The number of urea groups is 1. The minimum absolute atomic E-state index is 0.0138. The molecule has 1 aromatic heterocycles. The van der Waals surface area contributed by atoms with Gasteiger partial charge in [0.15, 0.2) is 0 Å². The minimum atomic E-state index is -3.90. The number of allylic oxidation sites excluding steroid dienone is 1. The molecule has 3 fully saturated rings. The molecule has 2 saturated carbocycles. The van der Waals surface area contributed by atoms with Crippen LogP contribution in [0.4, 0.5) is 4.79 Å². The monoisotopic (exact) mass is 789 g/mol. The van der Waals surface area contributed by atoms with Crippen LogP contribution in [0, 0.1) is 5.92 Å². The van der Waals surface area contributed by atoms with Crippen LogP contribution in [0.5, 0.6) is 5.75 Å². The zero-order valence-electron chi connectivity index (χ0n) is 31.5. The smallest absolute Gasteiger partial charge is 0.315 e. The molecule has 0 radical (unpaired) electrons. The molecular formula is C40H51N7O8S. The van der Waals surface area contributed by atoms with E-state index in [1.165, 1.54) is 4.90 Å². The standard InChI is InChI=1S/C40H51N7O8S/c48-35-32-17-11-16-31(43-32)26-12-10-14-29(22-26)55-21-9-5-4-8-20-41-39(52)44-33-15-7-3-1-2-6-13-27-24-40(27,38(51)46-56(53,54)30-18-19-30)45-36(49)34-23-28(42-35)25-47(34)37(33)50/h6,10-14,16-17,22,27-28,30,33-34H,1-5,7-9,15,18-21,23-25H2,(H,42,48)(H,45,49)(H,46,51)(H2,41,44,52)/t27-,28-,33+,34+,40-/m1/s1. The lowest BCUT2D eigenvalue weighted by Gasteiger charge is -2.30. The fraction of sp³-hybridized carbons (Fsp3) is 0.550. The van der Waals surface area contributed by atoms with Crippen LogP contribution in [0.3, 0.4) is 0 Å². The quantitative estimate of drug-likeness (QED) is 0.290. The van der Waals surface area contributed by atoms with Gasteiger partial charge in [0, 0.05) is 30.6 Å². The molecule has 300 valence electrons. The van der Waals surface area contributed by atoms with Gasteiger partial charge in [0.25, 0.3) is 11.8 Å². The minimum Gasteiger partial charge on any atom is -0.494 e. The highest BCUT2D eigenvalue weighted by Gasteiger charge is 2.62. The fourth-order valence-corrected chi connectivity index (χ4v) is 9.18. The summed E-state index contributed by atoms with van der Waals surface area (Å²) in [5.41, 5.74) is -0.0310. The number of hydrogen-bond donors (Lipinski definition) is 5. The molecular weight excluding hydrogens is 739 g/mol. The van der Waals surface area contributed by atoms with Crippen molar-refractivity contribution in [1.29, 1.82) is 0 Å². The number of amides is 6. The molecule has 1 saturated heterocycles. The number of sulfonamides is 1. The molecule has 5 atom stereocenters. The van der Waals surface area contributed by atoms with E-state index in [9.17, 15) is 32.4 Å². The van der Waals surface area contributed by atoms with Gasteiger partial charge in [-0.25, -0.2) is 18.2 Å². The summed E-state index contributed by atoms with van der Waals surface area (Å²) in [4.78, 5) is 75.4. The van der Waals surface area contributed by atoms with E-state index in [4.69, 9.17) is 4.74 Å². The summed E-state index contributed by atoms with van der Waals surface area (Å²) in [6.07, 6.45) is 11.5. The maximum absolute atomic E-state index is 14.5. The molecule has 7 rings (SSSR count). The Balaban J connectivity index is 1.18. The molecule has 4 heterocycles. The number of nitrogens with one attached hydrogen (secondary N) is 5. The van der Waals surface area contributed by atoms with Crippen LogP contribution in [0.15, 0.2) is 54.6 Å². The van der Waals surface area contributed by atoms with E-state index in [1.807, 2.05) is 36.4 Å². The third-order valence-electron chi connectivity index (χ3n) is 11.3. The Morgan fingerprint density at radius 2 is 1.70 bits per heavy atom. The Morgan fingerprint density at radius 1 is 0.911 bits per heavy atom. The number of hydrogen-bond acceptors (Lipinski definition) is 9. The van der Waals surface area contributed by atoms with Crippen molar-refractivity contribution >= 4 is 39.7 Å². The summed E-state index contributed by atoms with van der Waals surface area (Å²) in [7, 11) is -3.90. The molecule has 3 aliphatic heterocycles. The third kappa shape index (κ3) is 9.33. The molecule has 7 bridgehead atoms. The van der Waals surface area contributed by atoms with E-state index < -0.39 is 74.5 Å². The van der Waals surface area contributed by atoms with Gasteiger partial charge in [0.05, 0.1) is 17.6 Å². The van der Waals surface area contributed by atoms with Crippen molar-refractivity contribution in [2.75, 3.05) is 19.7 Å². The maximum atomic E-state index is 14.5. The average molecular weight is 790 g/mol. The molecule has 0 unspecified atom stereocenters. The lowest BCUT2D eigenvalue weighted by molar-refractivity contribution is -0.141. The van der Waals surface area contributed by atoms with Crippen molar-refractivity contribution < 1.29 is 37.1 Å². The van der Waals surface area contributed by atoms with Crippen LogP contribution in [0.25, 0.3) is 11.3 Å². The third-order valence-corrected chi connectivity index (χ3v) is 13.1. The highest BCUT2D eigenvalue weighted by Crippen LogP contribution is 2.46. The van der Waals surface area contributed by atoms with Crippen LogP contribution < -0.4 is 30.7 Å². The van der Waals surface area contributed by atoms with E-state index in [-0.39, 0.29) is 25.1 Å². The Kier molecular flexibility index (Phi) is 11.9. The van der Waals surface area contributed by atoms with Gasteiger partial charge in [0.1, 0.15) is 29.1 Å². The number of fused-ring (bicyclic) bond motifs is 8. The molecule has 2 aliphatic carbocycles. The number of carbonyl (C=O) groups is 5. The molecule has 1 aromatic carbocycles. The summed E-state index contributed by atoms with van der Waals surface area (Å²) in [5.74, 6) is -2.19. The van der Waals surface area contributed by atoms with Crippen molar-refractivity contribution in [2.24, 2.45) is 5.92 Å². The first-order valence-corrected chi connectivity index (χ1v) is 21.5. The number of pyridine rings is 1. The Labute approximate surface area is 327 Å². The number of carbonyl (C=O) groups excluding carboxylic acids is 5. The SMILES string of the molecule is O=C1NCCCCCCOc2cccc(c2)-c2cccc(n2)C(=O)N[C@@H]2C[C@H]3C(=O)N[C@]4(C(=O)NS(=O)(=O)C5CC5)C[C@H]4C=CCCCCC[C@H](N1)C(=O)N3C2. The van der Waals surface area contributed by atoms with Crippen molar-refractivity contribution in [3.05, 3.63) is 60.3 Å². The van der Waals surface area contributed by atoms with Gasteiger partial charge in [-0.15, -0.1) is 0 Å². The Hall–Kier alpha value is -4.99. The van der Waals surface area contributed by atoms with Gasteiger partial charge in [-0.3, -0.25) is 23.9 Å². The van der Waals surface area contributed by atoms with Gasteiger partial charge < -0.3 is 30.9 Å². The first-order chi connectivity index (χ1) is 27.0. The van der Waals surface area contributed by atoms with Crippen molar-refractivity contribution in [3.8, 4) is 17.0 Å². The summed E-state index contributed by atoms with van der Waals surface area (Å²) < 4.78 is 33.9. The second-order valence-corrected chi connectivity index (χ2v) is 17.5. The first-order valence-electron chi connectivity index (χ1n) is 19.9. The highest BCUT2D eigenvalue weighted by molar-refractivity contribution is 7.91. The van der Waals surface area contributed by atoms with Gasteiger partial charge in [-0.1, -0.05) is 56.0 Å². The molecule has 16 heteroatoms. The van der Waals surface area contributed by atoms with Gasteiger partial charge in [-0.05, 0) is 82.1 Å². The molecule has 15 nitrogen and oxygen atoms in total. The molecule has 56 heavy (non-hydrogen) atoms. The highest BCUT2D eigenvalue weighted by atomic mass is 32.2. The average Bonchev–Trinajstić information content (AvgIpc) is 4.11. The number of benzene rings is 1. The predicted molar refractivity (Wildman–Crippen MR) is 207 cm³/mol. The second-order valence-electron chi connectivity index (χ2n) is 15.6. The van der Waals surface area contributed by atoms with Crippen LogP contribution in [-0.2, 0) is 24.4 Å². The maximum Gasteiger partial charge on any atom is 0.315 e. The predicted octanol–water partition coefficient (Wildman–Crippen LogP) is 3.07. The number of ether oxygens (including phenoxy) is 1. The first kappa shape index (κ1) is 39.3. The number of nitrogens with zero attached hydrogens (tertiary/aromatic N) is 2. The molecule has 0 spiro atoms. The van der Waals surface area contributed by atoms with Gasteiger partial charge in [-0.2, -0.15) is 0 Å². The molecule has 5 N–H and O–H groups in total. The number of aromatic nitrogens is 1. The van der Waals surface area contributed by atoms with E-state index in [1.54, 1.807) is 18.2 Å². The van der Waals surface area contributed by atoms with Crippen LogP contribution in [0.2, 0.25) is 0 Å². The van der Waals surface area contributed by atoms with Gasteiger partial charge in [0.2, 0.25) is 21.8 Å². The van der Waals surface area contributed by atoms with E-state index in [2.05, 4.69) is 31.0 Å². The second kappa shape index (κ2) is 17.0. The zero-order valence-corrected chi connectivity index (χ0v) is 32.3. The van der Waals surface area contributed by atoms with Crippen LogP contribution in [0.1, 0.15) is 94.0 Å².